The van der Waals surface area contributed by atoms with Gasteiger partial charge in [0.2, 0.25) is 5.76 Å². The van der Waals surface area contributed by atoms with Gasteiger partial charge >= 0.3 is 5.97 Å². The highest BCUT2D eigenvalue weighted by Crippen LogP contribution is 2.28. The first kappa shape index (κ1) is 20.5. The van der Waals surface area contributed by atoms with Crippen LogP contribution in [0.3, 0.4) is 0 Å². The summed E-state index contributed by atoms with van der Waals surface area (Å²) in [5.41, 5.74) is 2.35. The Balaban J connectivity index is 2.62. The first-order chi connectivity index (χ1) is 12.7. The van der Waals surface area contributed by atoms with Crippen LogP contribution in [-0.4, -0.2) is 23.8 Å². The topological polar surface area (TPSA) is 77.1 Å². The van der Waals surface area contributed by atoms with Crippen molar-refractivity contribution in [3.05, 3.63) is 47.3 Å². The zero-order valence-corrected chi connectivity index (χ0v) is 17.7. The average Bonchev–Trinajstić information content (AvgIpc) is 2.98. The molecule has 0 bridgehead atoms. The molecule has 2 aromatic rings. The third kappa shape index (κ3) is 4.86. The van der Waals surface area contributed by atoms with E-state index in [1.54, 1.807) is 10.7 Å². The maximum Gasteiger partial charge on any atom is 0.352 e. The highest BCUT2D eigenvalue weighted by molar-refractivity contribution is 6.88. The molecule has 7 heteroatoms. The van der Waals surface area contributed by atoms with Gasteiger partial charge in [0.1, 0.15) is 17.3 Å². The van der Waals surface area contributed by atoms with E-state index in [-0.39, 0.29) is 11.3 Å². The summed E-state index contributed by atoms with van der Waals surface area (Å²) < 4.78 is 1.71. The fourth-order valence-corrected chi connectivity index (χ4v) is 3.83. The molecule has 0 radical (unpaired) electrons. The van der Waals surface area contributed by atoms with Crippen molar-refractivity contribution >= 4 is 30.6 Å². The van der Waals surface area contributed by atoms with Crippen molar-refractivity contribution in [2.75, 3.05) is 0 Å². The number of benzene rings is 1. The fourth-order valence-electron chi connectivity index (χ4n) is 2.67. The maximum atomic E-state index is 11.3. The van der Waals surface area contributed by atoms with E-state index in [1.165, 1.54) is 12.1 Å². The number of allylic oxidation sites excluding steroid dienone is 1. The van der Waals surface area contributed by atoms with E-state index in [0.29, 0.717) is 17.8 Å². The second-order valence-electron chi connectivity index (χ2n) is 7.29. The number of rotatable bonds is 6. The van der Waals surface area contributed by atoms with Crippen LogP contribution in [0.25, 0.3) is 11.3 Å². The van der Waals surface area contributed by atoms with Crippen LogP contribution >= 0.6 is 0 Å². The van der Waals surface area contributed by atoms with Crippen LogP contribution in [0.15, 0.2) is 30.3 Å². The number of carbonyl (C=O) groups excluding carboxylic acids is 1. The quantitative estimate of drug-likeness (QED) is 0.250. The molecular weight excluding hydrogens is 358 g/mol. The van der Waals surface area contributed by atoms with E-state index < -0.39 is 14.0 Å². The Morgan fingerprint density at radius 2 is 1.85 bits per heavy atom. The van der Waals surface area contributed by atoms with Gasteiger partial charge in [-0.05, 0) is 25.5 Å². The van der Waals surface area contributed by atoms with Gasteiger partial charge in [-0.25, -0.2) is 4.79 Å². The average molecular weight is 384 g/mol. The van der Waals surface area contributed by atoms with Crippen molar-refractivity contribution in [1.29, 1.82) is 5.26 Å². The lowest BCUT2D eigenvalue weighted by molar-refractivity contribution is -0.226. The number of aryl methyl sites for hydroxylation is 2. The largest absolute Gasteiger partial charge is 0.352 e. The highest BCUT2D eigenvalue weighted by atomic mass is 28.3. The standard InChI is InChI=1S/C20H25N3O3Si/c1-7-23-19(12-14(2)22-23)20(26-25-15(3)24)18(13-21)16-8-10-17(11-9-16)27(4,5)6/h8-12H,7H2,1-6H3. The third-order valence-corrected chi connectivity index (χ3v) is 6.12. The molecule has 0 spiro atoms. The SMILES string of the molecule is CCn1nc(C)cc1C(OOC(C)=O)=C(C#N)c1ccc([Si](C)(C)C)cc1. The molecule has 0 amide bonds. The first-order valence-corrected chi connectivity index (χ1v) is 12.3. The van der Waals surface area contributed by atoms with E-state index in [0.717, 1.165) is 5.69 Å². The minimum atomic E-state index is -1.45. The monoisotopic (exact) mass is 383 g/mol. The summed E-state index contributed by atoms with van der Waals surface area (Å²) in [4.78, 5) is 21.3. The zero-order chi connectivity index (χ0) is 20.2. The van der Waals surface area contributed by atoms with Gasteiger partial charge in [0.25, 0.3) is 0 Å². The maximum absolute atomic E-state index is 11.3. The van der Waals surface area contributed by atoms with Gasteiger partial charge in [0.15, 0.2) is 0 Å². The van der Waals surface area contributed by atoms with Gasteiger partial charge < -0.3 is 0 Å². The Hall–Kier alpha value is -2.85. The number of nitrogens with zero attached hydrogens (tertiary/aromatic N) is 3. The van der Waals surface area contributed by atoms with E-state index >= 15 is 0 Å². The zero-order valence-electron chi connectivity index (χ0n) is 16.7. The Bertz CT molecular complexity index is 900. The minimum absolute atomic E-state index is 0.177. The summed E-state index contributed by atoms with van der Waals surface area (Å²) >= 11 is 0. The van der Waals surface area contributed by atoms with Gasteiger partial charge in [-0.3, -0.25) is 14.5 Å². The Morgan fingerprint density at radius 3 is 2.33 bits per heavy atom. The lowest BCUT2D eigenvalue weighted by Gasteiger charge is -2.17. The first-order valence-electron chi connectivity index (χ1n) is 8.82. The van der Waals surface area contributed by atoms with Crippen LogP contribution in [0.1, 0.15) is 30.8 Å². The molecule has 0 N–H and O–H groups in total. The Labute approximate surface area is 161 Å². The van der Waals surface area contributed by atoms with Crippen molar-refractivity contribution in [3.8, 4) is 6.07 Å². The highest BCUT2D eigenvalue weighted by Gasteiger charge is 2.22. The van der Waals surface area contributed by atoms with E-state index in [4.69, 9.17) is 9.78 Å². The molecule has 2 rings (SSSR count). The molecule has 0 saturated heterocycles. The van der Waals surface area contributed by atoms with Crippen molar-refractivity contribution in [1.82, 2.24) is 9.78 Å². The number of aromatic nitrogens is 2. The molecule has 0 aliphatic heterocycles. The molecule has 0 fully saturated rings. The third-order valence-electron chi connectivity index (χ3n) is 4.06. The molecule has 0 aliphatic carbocycles. The van der Waals surface area contributed by atoms with Gasteiger partial charge in [0, 0.05) is 13.5 Å². The smallest absolute Gasteiger partial charge is 0.283 e. The van der Waals surface area contributed by atoms with Crippen LogP contribution in [0.4, 0.5) is 0 Å². The Morgan fingerprint density at radius 1 is 1.22 bits per heavy atom. The molecule has 0 unspecified atom stereocenters. The second-order valence-corrected chi connectivity index (χ2v) is 12.4. The van der Waals surface area contributed by atoms with Crippen LogP contribution in [-0.2, 0) is 21.1 Å². The predicted molar refractivity (Wildman–Crippen MR) is 107 cm³/mol. The summed E-state index contributed by atoms with van der Waals surface area (Å²) in [5, 5.41) is 15.5. The summed E-state index contributed by atoms with van der Waals surface area (Å²) in [5.74, 6) is -0.422. The molecule has 6 nitrogen and oxygen atoms in total. The van der Waals surface area contributed by atoms with Gasteiger partial charge in [-0.1, -0.05) is 49.1 Å². The molecule has 0 atom stereocenters. The fraction of sp³-hybridized carbons (Fsp3) is 0.350. The summed E-state index contributed by atoms with van der Waals surface area (Å²) in [7, 11) is -1.45. The molecule has 1 heterocycles. The number of hydrogen-bond acceptors (Lipinski definition) is 5. The van der Waals surface area contributed by atoms with E-state index in [1.807, 2.05) is 38.1 Å². The lowest BCUT2D eigenvalue weighted by atomic mass is 10.0. The summed E-state index contributed by atoms with van der Waals surface area (Å²) in [6.07, 6.45) is 0. The minimum Gasteiger partial charge on any atom is -0.283 e. The number of nitriles is 1. The molecule has 0 saturated carbocycles. The van der Waals surface area contributed by atoms with Crippen LogP contribution in [0.2, 0.25) is 19.6 Å². The number of hydrogen-bond donors (Lipinski definition) is 0. The summed E-state index contributed by atoms with van der Waals surface area (Å²) in [6, 6.07) is 11.9. The van der Waals surface area contributed by atoms with Gasteiger partial charge in [-0.15, -0.1) is 0 Å². The van der Waals surface area contributed by atoms with Gasteiger partial charge in [-0.2, -0.15) is 10.4 Å². The van der Waals surface area contributed by atoms with E-state index in [2.05, 4.69) is 30.8 Å². The van der Waals surface area contributed by atoms with Gasteiger partial charge in [0.05, 0.1) is 13.8 Å². The van der Waals surface area contributed by atoms with Crippen LogP contribution in [0, 0.1) is 18.3 Å². The normalized spacial score (nSPS) is 12.2. The molecule has 1 aromatic carbocycles. The molecule has 0 aliphatic rings. The molecule has 1 aromatic heterocycles. The molecule has 142 valence electrons. The van der Waals surface area contributed by atoms with E-state index in [9.17, 15) is 10.1 Å². The predicted octanol–water partition coefficient (Wildman–Crippen LogP) is 3.64. The van der Waals surface area contributed by atoms with Crippen molar-refractivity contribution in [2.24, 2.45) is 0 Å². The second kappa shape index (κ2) is 8.23. The summed E-state index contributed by atoms with van der Waals surface area (Å²) in [6.45, 7) is 12.4. The number of carbonyl (C=O) groups is 1. The van der Waals surface area contributed by atoms with Crippen LogP contribution in [0.5, 0.6) is 0 Å². The van der Waals surface area contributed by atoms with Crippen LogP contribution < -0.4 is 5.19 Å². The van der Waals surface area contributed by atoms with Crippen molar-refractivity contribution in [2.45, 2.75) is 47.0 Å². The lowest BCUT2D eigenvalue weighted by Crippen LogP contribution is -2.37. The Kier molecular flexibility index (Phi) is 6.23. The molecular formula is C20H25N3O3Si. The molecule has 27 heavy (non-hydrogen) atoms. The van der Waals surface area contributed by atoms with Crippen molar-refractivity contribution in [3.63, 3.8) is 0 Å². The van der Waals surface area contributed by atoms with Crippen molar-refractivity contribution < 1.29 is 14.6 Å².